The first-order valence-electron chi connectivity index (χ1n) is 6.40. The fourth-order valence-electron chi connectivity index (χ4n) is 2.33. The van der Waals surface area contributed by atoms with Crippen molar-refractivity contribution in [3.05, 3.63) is 46.8 Å². The Hall–Kier alpha value is -2.36. The molecular formula is C16H15FN2O. The number of anilines is 1. The van der Waals surface area contributed by atoms with E-state index < -0.39 is 0 Å². The molecule has 0 aliphatic rings. The zero-order chi connectivity index (χ0) is 14.4. The number of oxazole rings is 1. The quantitative estimate of drug-likeness (QED) is 0.676. The molecule has 0 saturated heterocycles. The van der Waals surface area contributed by atoms with Gasteiger partial charge in [0.05, 0.1) is 0 Å². The molecule has 0 aliphatic heterocycles. The van der Waals surface area contributed by atoms with E-state index in [1.54, 1.807) is 12.1 Å². The molecule has 0 spiro atoms. The lowest BCUT2D eigenvalue weighted by Crippen LogP contribution is -1.97. The first-order chi connectivity index (χ1) is 9.49. The zero-order valence-electron chi connectivity index (χ0n) is 11.6. The van der Waals surface area contributed by atoms with Gasteiger partial charge >= 0.3 is 0 Å². The fraction of sp³-hybridized carbons (Fsp3) is 0.188. The van der Waals surface area contributed by atoms with Crippen LogP contribution < -0.4 is 5.73 Å². The van der Waals surface area contributed by atoms with Gasteiger partial charge in [0.15, 0.2) is 5.58 Å². The first kappa shape index (κ1) is 12.7. The van der Waals surface area contributed by atoms with Crippen LogP contribution in [-0.2, 0) is 0 Å². The molecule has 3 aromatic rings. The maximum absolute atomic E-state index is 13.0. The van der Waals surface area contributed by atoms with E-state index in [0.29, 0.717) is 11.5 Å². The van der Waals surface area contributed by atoms with E-state index in [2.05, 4.69) is 4.98 Å². The summed E-state index contributed by atoms with van der Waals surface area (Å²) in [5.74, 6) is 0.202. The predicted octanol–water partition coefficient (Wildman–Crippen LogP) is 4.14. The molecule has 0 bridgehead atoms. The van der Waals surface area contributed by atoms with Gasteiger partial charge in [0.2, 0.25) is 5.89 Å². The van der Waals surface area contributed by atoms with Crippen molar-refractivity contribution in [2.45, 2.75) is 20.8 Å². The predicted molar refractivity (Wildman–Crippen MR) is 78.0 cm³/mol. The summed E-state index contributed by atoms with van der Waals surface area (Å²) < 4.78 is 18.8. The maximum Gasteiger partial charge on any atom is 0.227 e. The van der Waals surface area contributed by atoms with Crippen molar-refractivity contribution in [2.75, 3.05) is 5.73 Å². The summed E-state index contributed by atoms with van der Waals surface area (Å²) in [4.78, 5) is 4.53. The zero-order valence-corrected chi connectivity index (χ0v) is 11.6. The standard InChI is InChI=1S/C16H15FN2O/c1-8-9(2)14-15(10(3)13(8)18)20-16(19-14)11-4-6-12(17)7-5-11/h4-7H,18H2,1-3H3. The number of hydrogen-bond acceptors (Lipinski definition) is 3. The normalized spacial score (nSPS) is 11.2. The van der Waals surface area contributed by atoms with Crippen molar-refractivity contribution in [1.82, 2.24) is 4.98 Å². The highest BCUT2D eigenvalue weighted by Crippen LogP contribution is 2.34. The summed E-state index contributed by atoms with van der Waals surface area (Å²) in [5, 5.41) is 0. The van der Waals surface area contributed by atoms with Crippen molar-refractivity contribution in [3.63, 3.8) is 0 Å². The third-order valence-corrected chi connectivity index (χ3v) is 3.78. The van der Waals surface area contributed by atoms with Crippen molar-refractivity contribution in [1.29, 1.82) is 0 Å². The molecule has 0 fully saturated rings. The minimum atomic E-state index is -0.280. The van der Waals surface area contributed by atoms with Crippen LogP contribution in [0.2, 0.25) is 0 Å². The Kier molecular flexibility index (Phi) is 2.74. The molecule has 102 valence electrons. The van der Waals surface area contributed by atoms with Crippen LogP contribution in [0.5, 0.6) is 0 Å². The molecule has 0 aliphatic carbocycles. The van der Waals surface area contributed by atoms with E-state index in [0.717, 1.165) is 33.5 Å². The lowest BCUT2D eigenvalue weighted by molar-refractivity contribution is 0.614. The van der Waals surface area contributed by atoms with E-state index in [1.165, 1.54) is 12.1 Å². The molecule has 0 saturated carbocycles. The average Bonchev–Trinajstić information content (AvgIpc) is 2.89. The Morgan fingerprint density at radius 3 is 2.30 bits per heavy atom. The Morgan fingerprint density at radius 2 is 1.65 bits per heavy atom. The first-order valence-corrected chi connectivity index (χ1v) is 6.40. The number of nitrogens with zero attached hydrogens (tertiary/aromatic N) is 1. The number of nitrogens with two attached hydrogens (primary N) is 1. The van der Waals surface area contributed by atoms with Crippen molar-refractivity contribution < 1.29 is 8.81 Å². The van der Waals surface area contributed by atoms with E-state index in [9.17, 15) is 4.39 Å². The molecule has 20 heavy (non-hydrogen) atoms. The van der Waals surface area contributed by atoms with Gasteiger partial charge in [-0.1, -0.05) is 0 Å². The number of fused-ring (bicyclic) bond motifs is 1. The van der Waals surface area contributed by atoms with Gasteiger partial charge in [-0.05, 0) is 56.2 Å². The molecular weight excluding hydrogens is 255 g/mol. The van der Waals surface area contributed by atoms with Gasteiger partial charge in [-0.15, -0.1) is 0 Å². The third kappa shape index (κ3) is 1.76. The lowest BCUT2D eigenvalue weighted by Gasteiger charge is -2.07. The Bertz CT molecular complexity index is 759. The number of benzene rings is 2. The van der Waals surface area contributed by atoms with Gasteiger partial charge in [0.1, 0.15) is 11.3 Å². The molecule has 2 aromatic carbocycles. The molecule has 2 N–H and O–H groups in total. The van der Waals surface area contributed by atoms with Crippen LogP contribution in [0.15, 0.2) is 28.7 Å². The number of aromatic nitrogens is 1. The lowest BCUT2D eigenvalue weighted by atomic mass is 10.0. The third-order valence-electron chi connectivity index (χ3n) is 3.78. The van der Waals surface area contributed by atoms with Crippen molar-refractivity contribution >= 4 is 16.8 Å². The highest BCUT2D eigenvalue weighted by molar-refractivity contribution is 5.88. The molecule has 0 atom stereocenters. The summed E-state index contributed by atoms with van der Waals surface area (Å²) in [5.41, 5.74) is 12.0. The second-order valence-corrected chi connectivity index (χ2v) is 4.99. The summed E-state index contributed by atoms with van der Waals surface area (Å²) in [6, 6.07) is 6.09. The Balaban J connectivity index is 2.28. The number of hydrogen-bond donors (Lipinski definition) is 1. The van der Waals surface area contributed by atoms with Crippen molar-refractivity contribution in [3.8, 4) is 11.5 Å². The van der Waals surface area contributed by atoms with Gasteiger partial charge in [-0.3, -0.25) is 0 Å². The highest BCUT2D eigenvalue weighted by atomic mass is 19.1. The van der Waals surface area contributed by atoms with Gasteiger partial charge < -0.3 is 10.2 Å². The van der Waals surface area contributed by atoms with Crippen LogP contribution >= 0.6 is 0 Å². The van der Waals surface area contributed by atoms with Gasteiger partial charge in [-0.25, -0.2) is 9.37 Å². The van der Waals surface area contributed by atoms with Crippen LogP contribution in [-0.4, -0.2) is 4.98 Å². The Morgan fingerprint density at radius 1 is 1.00 bits per heavy atom. The summed E-state index contributed by atoms with van der Waals surface area (Å²) >= 11 is 0. The summed E-state index contributed by atoms with van der Waals surface area (Å²) in [6.07, 6.45) is 0. The summed E-state index contributed by atoms with van der Waals surface area (Å²) in [6.45, 7) is 5.87. The Labute approximate surface area is 116 Å². The van der Waals surface area contributed by atoms with Crippen LogP contribution in [0.1, 0.15) is 16.7 Å². The van der Waals surface area contributed by atoms with Crippen molar-refractivity contribution in [2.24, 2.45) is 0 Å². The number of aryl methyl sites for hydroxylation is 2. The maximum atomic E-state index is 13.0. The van der Waals surface area contributed by atoms with Gasteiger partial charge in [-0.2, -0.15) is 0 Å². The van der Waals surface area contributed by atoms with Gasteiger partial charge in [0.25, 0.3) is 0 Å². The largest absolute Gasteiger partial charge is 0.436 e. The fourth-order valence-corrected chi connectivity index (χ4v) is 2.33. The highest BCUT2D eigenvalue weighted by Gasteiger charge is 2.16. The number of halogens is 1. The molecule has 4 heteroatoms. The summed E-state index contributed by atoms with van der Waals surface area (Å²) in [7, 11) is 0. The molecule has 1 heterocycles. The SMILES string of the molecule is Cc1c(N)c(C)c2oc(-c3ccc(F)cc3)nc2c1C. The molecule has 3 nitrogen and oxygen atoms in total. The van der Waals surface area contributed by atoms with Crippen LogP contribution in [0.3, 0.4) is 0 Å². The number of nitrogen functional groups attached to an aromatic ring is 1. The van der Waals surface area contributed by atoms with Crippen LogP contribution in [0, 0.1) is 26.6 Å². The molecule has 3 rings (SSSR count). The topological polar surface area (TPSA) is 52.0 Å². The minimum absolute atomic E-state index is 0.280. The van der Waals surface area contributed by atoms with E-state index in [1.807, 2.05) is 20.8 Å². The average molecular weight is 270 g/mol. The van der Waals surface area contributed by atoms with Gasteiger partial charge in [0, 0.05) is 16.8 Å². The van der Waals surface area contributed by atoms with Crippen LogP contribution in [0.4, 0.5) is 10.1 Å². The molecule has 0 amide bonds. The number of rotatable bonds is 1. The molecule has 0 unspecified atom stereocenters. The second-order valence-electron chi connectivity index (χ2n) is 4.99. The minimum Gasteiger partial charge on any atom is -0.436 e. The van der Waals surface area contributed by atoms with E-state index in [4.69, 9.17) is 10.2 Å². The van der Waals surface area contributed by atoms with E-state index in [-0.39, 0.29) is 5.82 Å². The van der Waals surface area contributed by atoms with Crippen LogP contribution in [0.25, 0.3) is 22.6 Å². The second kappa shape index (κ2) is 4.34. The molecule has 0 radical (unpaired) electrons. The van der Waals surface area contributed by atoms with E-state index >= 15 is 0 Å². The molecule has 1 aromatic heterocycles. The smallest absolute Gasteiger partial charge is 0.227 e. The monoisotopic (exact) mass is 270 g/mol.